The first kappa shape index (κ1) is 59.0. The van der Waals surface area contributed by atoms with Crippen LogP contribution in [-0.4, -0.2) is 82.4 Å². The average Bonchev–Trinajstić information content (AvgIpc) is 2.44. The van der Waals surface area contributed by atoms with Gasteiger partial charge in [0.1, 0.15) is 0 Å². The van der Waals surface area contributed by atoms with Crippen molar-refractivity contribution in [1.82, 2.24) is 0 Å². The molecule has 0 radical (unpaired) electrons. The number of carbonyl (C=O) groups is 4. The Morgan fingerprint density at radius 2 is 0.886 bits per heavy atom. The van der Waals surface area contributed by atoms with Crippen molar-refractivity contribution < 1.29 is 155 Å². The fourth-order valence-electron chi connectivity index (χ4n) is 0. The predicted molar refractivity (Wildman–Crippen MR) is 77.6 cm³/mol. The van der Waals surface area contributed by atoms with E-state index in [1.165, 1.54) is 6.92 Å². The van der Waals surface area contributed by atoms with Gasteiger partial charge in [-0.25, -0.2) is 19.2 Å². The minimum atomic E-state index is -6.00. The van der Waals surface area contributed by atoms with Crippen molar-refractivity contribution in [2.24, 2.45) is 0 Å². The molecule has 0 aliphatic rings. The van der Waals surface area contributed by atoms with Gasteiger partial charge in [0.15, 0.2) is 0 Å². The van der Waals surface area contributed by atoms with Crippen LogP contribution in [0.15, 0.2) is 0 Å². The molecule has 0 amide bonds. The van der Waals surface area contributed by atoms with E-state index in [4.69, 9.17) is 72.9 Å². The van der Waals surface area contributed by atoms with Gasteiger partial charge >= 0.3 is 103 Å². The first-order valence-electron chi connectivity index (χ1n) is 5.82. The molecular weight excluding hydrogens is 530 g/mol. The van der Waals surface area contributed by atoms with Crippen LogP contribution in [0, 0.1) is 11.3 Å². The van der Waals surface area contributed by atoms with Crippen LogP contribution < -0.4 is 66.6 Å². The van der Waals surface area contributed by atoms with Crippen LogP contribution in [0.4, 0.5) is 30.4 Å². The van der Waals surface area contributed by atoms with Crippen LogP contribution in [-0.2, 0) is 29.3 Å². The molecule has 28 heteroatoms. The summed E-state index contributed by atoms with van der Waals surface area (Å²) in [6, 6.07) is 1.75. The van der Waals surface area contributed by atoms with Gasteiger partial charge < -0.3 is 52.8 Å². The SMILES string of the molecule is CC#N.F[B-](F)(F)F.O=C(O)C(=O)O.O=C(O)C(=O)O.O=S(=O)(O)C(F)(F)F.[Li+].[Li+].[Li+].[O-]B([O-])O. The average molecular weight is 539 g/mol. The third-order valence-corrected chi connectivity index (χ3v) is 1.24. The Kier molecular flexibility index (Phi) is 51.6. The molecule has 190 valence electrons. The molecule has 0 aromatic rings. The number of alkyl halides is 3. The Hall–Kier alpha value is -1.41. The third-order valence-electron chi connectivity index (χ3n) is 0.658. The van der Waals surface area contributed by atoms with E-state index in [0.717, 1.165) is 0 Å². The summed E-state index contributed by atoms with van der Waals surface area (Å²) in [5, 5.41) is 60.9. The van der Waals surface area contributed by atoms with Gasteiger partial charge in [0.05, 0.1) is 13.4 Å². The van der Waals surface area contributed by atoms with Crippen molar-refractivity contribution in [2.45, 2.75) is 12.4 Å². The number of aliphatic carboxylic acids is 4. The van der Waals surface area contributed by atoms with Crippen molar-refractivity contribution in [1.29, 1.82) is 5.26 Å². The second-order valence-corrected chi connectivity index (χ2v) is 4.58. The maximum atomic E-state index is 10.7. The molecule has 35 heavy (non-hydrogen) atoms. The van der Waals surface area contributed by atoms with Crippen molar-refractivity contribution in [3.05, 3.63) is 0 Å². The molecule has 15 nitrogen and oxygen atoms in total. The number of carboxylic acids is 4. The molecule has 0 aliphatic carbocycles. The zero-order valence-corrected chi connectivity index (χ0v) is 18.4. The Bertz CT molecular complexity index is 660. The standard InChI is InChI=1S/C2H3N.2C2H2O4.CHF3O3S.BF4.BHO3.3Li/c1-2-3;2*3-1(4)2(5)6;2-1(3,4)8(5,6)7;2-1(3,4)5;2-1(3)4;;;/h1H3;2*(H,3,4)(H,5,6);(H,5,6,7);;2H;;;/q;;;;-1;-2;3*+1. The minimum Gasteiger partial charge on any atom is -0.871 e. The van der Waals surface area contributed by atoms with Gasteiger partial charge in [-0.15, -0.1) is 0 Å². The van der Waals surface area contributed by atoms with Gasteiger partial charge in [-0.05, 0) is 0 Å². The summed E-state index contributed by atoms with van der Waals surface area (Å²) >= 11 is 0. The summed E-state index contributed by atoms with van der Waals surface area (Å²) in [6.45, 7) is 1.43. The molecule has 0 aromatic carbocycles. The maximum absolute atomic E-state index is 10.7. The fourth-order valence-corrected chi connectivity index (χ4v) is 0. The van der Waals surface area contributed by atoms with Gasteiger partial charge in [0.2, 0.25) is 0 Å². The molecule has 0 fully saturated rings. The maximum Gasteiger partial charge on any atom is 1.00 e. The molecule has 0 aliphatic heterocycles. The normalized spacial score (nSPS) is 8.43. The second kappa shape index (κ2) is 30.6. The number of hydrogen-bond acceptors (Lipinski definition) is 10. The van der Waals surface area contributed by atoms with Crippen LogP contribution in [0.25, 0.3) is 0 Å². The first-order valence-corrected chi connectivity index (χ1v) is 7.26. The predicted octanol–water partition coefficient (Wildman–Crippen LogP) is -11.8. The van der Waals surface area contributed by atoms with E-state index in [1.807, 2.05) is 0 Å². The van der Waals surface area contributed by atoms with Crippen molar-refractivity contribution >= 4 is 48.6 Å². The Labute approximate surface area is 226 Å². The van der Waals surface area contributed by atoms with Crippen LogP contribution in [0.2, 0.25) is 0 Å². The molecule has 0 aromatic heterocycles. The number of halogens is 7. The van der Waals surface area contributed by atoms with E-state index in [9.17, 15) is 30.4 Å². The summed E-state index contributed by atoms with van der Waals surface area (Å²) in [5.74, 6) is -7.30. The quantitative estimate of drug-likeness (QED) is 0.0548. The number of rotatable bonds is 0. The van der Waals surface area contributed by atoms with Crippen molar-refractivity contribution in [3.63, 3.8) is 0 Å². The summed E-state index contributed by atoms with van der Waals surface area (Å²) in [4.78, 5) is 36.4. The summed E-state index contributed by atoms with van der Waals surface area (Å²) in [5.41, 5.74) is -5.53. The molecule has 6 N–H and O–H groups in total. The number of hydrogen-bond donors (Lipinski definition) is 6. The van der Waals surface area contributed by atoms with Crippen LogP contribution >= 0.6 is 0 Å². The summed E-state index contributed by atoms with van der Waals surface area (Å²) in [6.07, 6.45) is 0. The smallest absolute Gasteiger partial charge is 0.871 e. The van der Waals surface area contributed by atoms with Crippen LogP contribution in [0.5, 0.6) is 0 Å². The summed E-state index contributed by atoms with van der Waals surface area (Å²) in [7, 11) is -14.5. The topological polar surface area (TPSA) is 294 Å². The molecule has 0 saturated heterocycles. The largest absolute Gasteiger partial charge is 1.00 e. The second-order valence-electron chi connectivity index (χ2n) is 3.17. The zero-order chi connectivity index (χ0) is 28.1. The Morgan fingerprint density at radius 1 is 0.829 bits per heavy atom. The molecule has 0 spiro atoms. The molecule has 0 unspecified atom stereocenters. The van der Waals surface area contributed by atoms with Crippen LogP contribution in [0.1, 0.15) is 6.92 Å². The van der Waals surface area contributed by atoms with Gasteiger partial charge in [0.25, 0.3) is 0 Å². The van der Waals surface area contributed by atoms with E-state index in [2.05, 4.69) is 0 Å². The number of carboxylic acid groups (broad SMARTS) is 4. The molecule has 0 bridgehead atoms. The Morgan fingerprint density at radius 3 is 0.886 bits per heavy atom. The van der Waals surface area contributed by atoms with Crippen LogP contribution in [0.3, 0.4) is 0 Å². The Balaban J connectivity index is -0.0000000333. The van der Waals surface area contributed by atoms with Crippen molar-refractivity contribution in [3.8, 4) is 6.07 Å². The molecule has 0 saturated carbocycles. The van der Waals surface area contributed by atoms with Gasteiger partial charge in [-0.3, -0.25) is 4.55 Å². The van der Waals surface area contributed by atoms with E-state index in [1.54, 1.807) is 6.07 Å². The number of nitriles is 1. The van der Waals surface area contributed by atoms with E-state index in [0.29, 0.717) is 0 Å². The summed E-state index contributed by atoms with van der Waals surface area (Å²) < 4.78 is 96.5. The molecule has 0 rings (SSSR count). The van der Waals surface area contributed by atoms with Crippen molar-refractivity contribution in [2.75, 3.05) is 0 Å². The number of nitrogens with zero attached hydrogens (tertiary/aromatic N) is 1. The van der Waals surface area contributed by atoms with E-state index >= 15 is 0 Å². The minimum absolute atomic E-state index is 0. The van der Waals surface area contributed by atoms with E-state index in [-0.39, 0.29) is 56.6 Å². The molecule has 0 heterocycles. The molecular formula is C7H9B2F7Li3NO14S. The van der Waals surface area contributed by atoms with Gasteiger partial charge in [0, 0.05) is 6.92 Å². The third kappa shape index (κ3) is 125. The molecule has 0 atom stereocenters. The van der Waals surface area contributed by atoms with E-state index < -0.39 is 54.1 Å². The fraction of sp³-hybridized carbons (Fsp3) is 0.286. The van der Waals surface area contributed by atoms with Gasteiger partial charge in [-0.2, -0.15) is 26.9 Å². The first-order chi connectivity index (χ1) is 13.7. The monoisotopic (exact) mass is 539 g/mol. The zero-order valence-electron chi connectivity index (χ0n) is 17.6. The van der Waals surface area contributed by atoms with Gasteiger partial charge in [-0.1, -0.05) is 0 Å².